The number of carboxylic acid groups (broad SMARTS) is 1. The number of H-pyrrole nitrogens is 1. The van der Waals surface area contributed by atoms with E-state index >= 15 is 0 Å². The largest absolute Gasteiger partial charge is 0.484 e. The molecule has 0 spiro atoms. The van der Waals surface area contributed by atoms with E-state index in [0.29, 0.717) is 10.9 Å². The van der Waals surface area contributed by atoms with E-state index in [0.717, 1.165) is 0 Å². The molecule has 0 aliphatic heterocycles. The third-order valence-electron chi connectivity index (χ3n) is 2.29. The minimum absolute atomic E-state index is 0.0116. The van der Waals surface area contributed by atoms with Crippen LogP contribution >= 0.6 is 0 Å². The summed E-state index contributed by atoms with van der Waals surface area (Å²) in [5.74, 6) is -1.18. The van der Waals surface area contributed by atoms with Gasteiger partial charge in [0.25, 0.3) is 0 Å². The molecular weight excluding hydrogens is 251 g/mol. The molecule has 96 valence electrons. The van der Waals surface area contributed by atoms with Gasteiger partial charge in [0.05, 0.1) is 5.56 Å². The van der Waals surface area contributed by atoms with Gasteiger partial charge in [-0.05, 0) is 18.2 Å². The fourth-order valence-electron chi connectivity index (χ4n) is 1.53. The molecule has 18 heavy (non-hydrogen) atoms. The van der Waals surface area contributed by atoms with Crippen LogP contribution in [0.15, 0.2) is 24.4 Å². The lowest BCUT2D eigenvalue weighted by atomic mass is 10.1. The van der Waals surface area contributed by atoms with E-state index in [1.165, 1.54) is 24.4 Å². The maximum Gasteiger partial charge on any atom is 0.422 e. The normalized spacial score (nSPS) is 11.7. The van der Waals surface area contributed by atoms with E-state index in [2.05, 4.69) is 9.72 Å². The molecule has 0 atom stereocenters. The van der Waals surface area contributed by atoms with E-state index in [9.17, 15) is 18.0 Å². The van der Waals surface area contributed by atoms with E-state index in [1.54, 1.807) is 0 Å². The van der Waals surface area contributed by atoms with Gasteiger partial charge >= 0.3 is 12.1 Å². The zero-order valence-electron chi connectivity index (χ0n) is 8.91. The highest BCUT2D eigenvalue weighted by molar-refractivity contribution is 6.03. The number of aromatic carboxylic acids is 1. The number of fused-ring (bicyclic) bond motifs is 1. The molecule has 0 radical (unpaired) electrons. The molecule has 0 saturated heterocycles. The first-order valence-corrected chi connectivity index (χ1v) is 4.91. The number of ether oxygens (including phenoxy) is 1. The number of benzene rings is 1. The van der Waals surface area contributed by atoms with Crippen molar-refractivity contribution >= 4 is 16.9 Å². The van der Waals surface area contributed by atoms with Crippen molar-refractivity contribution in [1.82, 2.24) is 4.98 Å². The van der Waals surface area contributed by atoms with Crippen LogP contribution in [0.1, 0.15) is 10.4 Å². The summed E-state index contributed by atoms with van der Waals surface area (Å²) in [4.78, 5) is 13.6. The second-order valence-electron chi connectivity index (χ2n) is 3.62. The average molecular weight is 259 g/mol. The molecule has 0 aliphatic carbocycles. The molecule has 0 unspecified atom stereocenters. The van der Waals surface area contributed by atoms with Crippen molar-refractivity contribution in [3.8, 4) is 5.75 Å². The Labute approximate surface area is 99.0 Å². The van der Waals surface area contributed by atoms with Gasteiger partial charge in [-0.1, -0.05) is 0 Å². The van der Waals surface area contributed by atoms with Crippen LogP contribution in [0.5, 0.6) is 5.75 Å². The third-order valence-corrected chi connectivity index (χ3v) is 2.29. The SMILES string of the molecule is O=C(O)c1c[nH]c2ccc(OCC(F)(F)F)cc12. The predicted molar refractivity (Wildman–Crippen MR) is 56.8 cm³/mol. The summed E-state index contributed by atoms with van der Waals surface area (Å²) in [6.07, 6.45) is -3.15. The van der Waals surface area contributed by atoms with Gasteiger partial charge < -0.3 is 14.8 Å². The van der Waals surface area contributed by atoms with Gasteiger partial charge in [-0.15, -0.1) is 0 Å². The smallest absolute Gasteiger partial charge is 0.422 e. The van der Waals surface area contributed by atoms with Crippen LogP contribution in [0.4, 0.5) is 13.2 Å². The number of carboxylic acids is 1. The molecule has 7 heteroatoms. The Bertz CT molecular complexity index is 589. The second kappa shape index (κ2) is 4.25. The van der Waals surface area contributed by atoms with Crippen LogP contribution in [0.25, 0.3) is 10.9 Å². The molecule has 0 fully saturated rings. The summed E-state index contributed by atoms with van der Waals surface area (Å²) in [5, 5.41) is 9.19. The van der Waals surface area contributed by atoms with Crippen molar-refractivity contribution < 1.29 is 27.8 Å². The molecule has 0 aliphatic rings. The van der Waals surface area contributed by atoms with Gasteiger partial charge in [0.1, 0.15) is 5.75 Å². The molecule has 1 aromatic carbocycles. The van der Waals surface area contributed by atoms with Gasteiger partial charge in [0.2, 0.25) is 0 Å². The Hall–Kier alpha value is -2.18. The number of halogens is 3. The summed E-state index contributed by atoms with van der Waals surface area (Å²) in [6, 6.07) is 4.07. The molecular formula is C11H8F3NO3. The standard InChI is InChI=1S/C11H8F3NO3/c12-11(13,14)5-18-6-1-2-9-7(3-6)8(4-15-9)10(16)17/h1-4,15H,5H2,(H,16,17). The number of nitrogens with one attached hydrogen (secondary N) is 1. The first-order valence-electron chi connectivity index (χ1n) is 4.91. The van der Waals surface area contributed by atoms with Crippen LogP contribution in [-0.2, 0) is 0 Å². The summed E-state index contributed by atoms with van der Waals surface area (Å²) >= 11 is 0. The lowest BCUT2D eigenvalue weighted by Crippen LogP contribution is -2.19. The van der Waals surface area contributed by atoms with Crippen molar-refractivity contribution in [3.05, 3.63) is 30.0 Å². The summed E-state index contributed by atoms with van der Waals surface area (Å²) < 4.78 is 40.5. The number of aromatic amines is 1. The van der Waals surface area contributed by atoms with Crippen molar-refractivity contribution in [1.29, 1.82) is 0 Å². The van der Waals surface area contributed by atoms with Crippen LogP contribution < -0.4 is 4.74 Å². The number of carbonyl (C=O) groups is 1. The Morgan fingerprint density at radius 2 is 2.11 bits per heavy atom. The molecule has 0 bridgehead atoms. The van der Waals surface area contributed by atoms with Gasteiger partial charge in [-0.3, -0.25) is 0 Å². The number of hydrogen-bond acceptors (Lipinski definition) is 2. The Morgan fingerprint density at radius 3 is 2.72 bits per heavy atom. The van der Waals surface area contributed by atoms with Crippen LogP contribution in [0.2, 0.25) is 0 Å². The molecule has 2 aromatic rings. The summed E-state index contributed by atoms with van der Waals surface area (Å²) in [5.41, 5.74) is 0.509. The third kappa shape index (κ3) is 2.55. The summed E-state index contributed by atoms with van der Waals surface area (Å²) in [6.45, 7) is -1.41. The zero-order chi connectivity index (χ0) is 13.3. The fraction of sp³-hybridized carbons (Fsp3) is 0.182. The highest BCUT2D eigenvalue weighted by Crippen LogP contribution is 2.25. The quantitative estimate of drug-likeness (QED) is 0.890. The Kier molecular flexibility index (Phi) is 2.90. The highest BCUT2D eigenvalue weighted by Gasteiger charge is 2.28. The molecule has 4 nitrogen and oxygen atoms in total. The number of aromatic nitrogens is 1. The molecule has 0 amide bonds. The van der Waals surface area contributed by atoms with E-state index in [-0.39, 0.29) is 11.3 Å². The van der Waals surface area contributed by atoms with Gasteiger partial charge in [-0.2, -0.15) is 13.2 Å². The molecule has 2 rings (SSSR count). The first kappa shape index (κ1) is 12.3. The van der Waals surface area contributed by atoms with E-state index < -0.39 is 18.8 Å². The molecule has 1 aromatic heterocycles. The van der Waals surface area contributed by atoms with Crippen LogP contribution in [-0.4, -0.2) is 28.8 Å². The minimum atomic E-state index is -4.43. The van der Waals surface area contributed by atoms with E-state index in [1.807, 2.05) is 0 Å². The lowest BCUT2D eigenvalue weighted by Gasteiger charge is -2.09. The van der Waals surface area contributed by atoms with Crippen molar-refractivity contribution in [2.75, 3.05) is 6.61 Å². The van der Waals surface area contributed by atoms with Crippen molar-refractivity contribution in [3.63, 3.8) is 0 Å². The lowest BCUT2D eigenvalue weighted by molar-refractivity contribution is -0.153. The average Bonchev–Trinajstić information content (AvgIpc) is 2.68. The number of rotatable bonds is 3. The molecule has 0 saturated carbocycles. The van der Waals surface area contributed by atoms with E-state index in [4.69, 9.17) is 5.11 Å². The zero-order valence-corrected chi connectivity index (χ0v) is 8.91. The topological polar surface area (TPSA) is 62.3 Å². The molecule has 2 N–H and O–H groups in total. The fourth-order valence-corrected chi connectivity index (χ4v) is 1.53. The second-order valence-corrected chi connectivity index (χ2v) is 3.62. The van der Waals surface area contributed by atoms with Gasteiger partial charge in [-0.25, -0.2) is 4.79 Å². The summed E-state index contributed by atoms with van der Waals surface area (Å²) in [7, 11) is 0. The Balaban J connectivity index is 2.31. The Morgan fingerprint density at radius 1 is 1.39 bits per heavy atom. The number of alkyl halides is 3. The van der Waals surface area contributed by atoms with Crippen molar-refractivity contribution in [2.24, 2.45) is 0 Å². The van der Waals surface area contributed by atoms with Crippen LogP contribution in [0, 0.1) is 0 Å². The predicted octanol–water partition coefficient (Wildman–Crippen LogP) is 2.81. The monoisotopic (exact) mass is 259 g/mol. The van der Waals surface area contributed by atoms with Gasteiger partial charge in [0.15, 0.2) is 6.61 Å². The molecule has 1 heterocycles. The minimum Gasteiger partial charge on any atom is -0.484 e. The highest BCUT2D eigenvalue weighted by atomic mass is 19.4. The maximum atomic E-state index is 12.0. The van der Waals surface area contributed by atoms with Crippen molar-refractivity contribution in [2.45, 2.75) is 6.18 Å². The van der Waals surface area contributed by atoms with Crippen LogP contribution in [0.3, 0.4) is 0 Å². The maximum absolute atomic E-state index is 12.0. The van der Waals surface area contributed by atoms with Gasteiger partial charge in [0, 0.05) is 17.1 Å². The first-order chi connectivity index (χ1) is 8.37. The number of hydrogen-bond donors (Lipinski definition) is 2.